The van der Waals surface area contributed by atoms with Crippen LogP contribution in [0.5, 0.6) is 0 Å². The number of carbonyl (C=O) groups is 1. The molecule has 0 spiro atoms. The SMILES string of the molecule is CN1CCN(n2c3c(c(SCC(=O)Nc4cccc(Cl)c4Cl)nc2=O)CCC3)CC1. The van der Waals surface area contributed by atoms with E-state index in [0.717, 1.165) is 56.7 Å². The molecule has 30 heavy (non-hydrogen) atoms. The number of aromatic nitrogens is 2. The third-order valence-electron chi connectivity index (χ3n) is 5.41. The third-order valence-corrected chi connectivity index (χ3v) is 7.25. The molecule has 1 N–H and O–H groups in total. The number of hydrogen-bond donors (Lipinski definition) is 1. The molecule has 1 aliphatic heterocycles. The lowest BCUT2D eigenvalue weighted by Crippen LogP contribution is -2.54. The molecule has 1 saturated heterocycles. The number of halogens is 2. The van der Waals surface area contributed by atoms with Crippen LogP contribution < -0.4 is 16.0 Å². The summed E-state index contributed by atoms with van der Waals surface area (Å²) in [4.78, 5) is 31.9. The molecular weight excluding hydrogens is 445 g/mol. The third kappa shape index (κ3) is 4.46. The zero-order chi connectivity index (χ0) is 21.3. The van der Waals surface area contributed by atoms with Crippen LogP contribution in [-0.2, 0) is 17.6 Å². The Morgan fingerprint density at radius 3 is 2.73 bits per heavy atom. The van der Waals surface area contributed by atoms with Crippen molar-refractivity contribution < 1.29 is 4.79 Å². The molecule has 10 heteroatoms. The number of piperazine rings is 1. The quantitative estimate of drug-likeness (QED) is 0.538. The molecule has 1 amide bonds. The summed E-state index contributed by atoms with van der Waals surface area (Å²) in [5.41, 5.74) is 2.34. The van der Waals surface area contributed by atoms with Gasteiger partial charge in [-0.3, -0.25) is 4.79 Å². The Labute approximate surface area is 189 Å². The number of hydrogen-bond acceptors (Lipinski definition) is 6. The number of nitrogens with one attached hydrogen (secondary N) is 1. The van der Waals surface area contributed by atoms with Gasteiger partial charge in [0.25, 0.3) is 0 Å². The minimum atomic E-state index is -0.263. The van der Waals surface area contributed by atoms with Gasteiger partial charge in [-0.2, -0.15) is 4.98 Å². The molecule has 7 nitrogen and oxygen atoms in total. The van der Waals surface area contributed by atoms with E-state index < -0.39 is 0 Å². The first-order valence-electron chi connectivity index (χ1n) is 9.89. The Morgan fingerprint density at radius 2 is 1.97 bits per heavy atom. The zero-order valence-electron chi connectivity index (χ0n) is 16.7. The van der Waals surface area contributed by atoms with Crippen molar-refractivity contribution in [2.45, 2.75) is 24.3 Å². The van der Waals surface area contributed by atoms with E-state index >= 15 is 0 Å². The molecule has 0 unspecified atom stereocenters. The van der Waals surface area contributed by atoms with Crippen LogP contribution in [0.15, 0.2) is 28.0 Å². The van der Waals surface area contributed by atoms with Gasteiger partial charge in [0.15, 0.2) is 0 Å². The van der Waals surface area contributed by atoms with E-state index in [4.69, 9.17) is 23.2 Å². The van der Waals surface area contributed by atoms with Gasteiger partial charge in [-0.15, -0.1) is 0 Å². The van der Waals surface area contributed by atoms with Crippen LogP contribution in [0.25, 0.3) is 0 Å². The molecule has 0 bridgehead atoms. The minimum Gasteiger partial charge on any atom is -0.324 e. The molecule has 160 valence electrons. The molecule has 1 aromatic carbocycles. The van der Waals surface area contributed by atoms with E-state index in [1.807, 2.05) is 0 Å². The van der Waals surface area contributed by atoms with Crippen molar-refractivity contribution in [3.8, 4) is 0 Å². The first-order chi connectivity index (χ1) is 14.4. The van der Waals surface area contributed by atoms with Crippen molar-refractivity contribution in [3.05, 3.63) is 50.0 Å². The average molecular weight is 468 g/mol. The molecule has 1 aromatic heterocycles. The predicted molar refractivity (Wildman–Crippen MR) is 122 cm³/mol. The van der Waals surface area contributed by atoms with Crippen LogP contribution in [0.4, 0.5) is 5.69 Å². The maximum atomic E-state index is 12.8. The Balaban J connectivity index is 1.49. The van der Waals surface area contributed by atoms with Crippen LogP contribution in [-0.4, -0.2) is 59.4 Å². The summed E-state index contributed by atoms with van der Waals surface area (Å²) in [5, 5.41) is 6.22. The van der Waals surface area contributed by atoms with Crippen molar-refractivity contribution in [2.24, 2.45) is 0 Å². The maximum absolute atomic E-state index is 12.8. The first-order valence-corrected chi connectivity index (χ1v) is 11.6. The number of anilines is 1. The highest BCUT2D eigenvalue weighted by atomic mass is 35.5. The van der Waals surface area contributed by atoms with Crippen LogP contribution >= 0.6 is 35.0 Å². The lowest BCUT2D eigenvalue weighted by molar-refractivity contribution is -0.113. The second-order valence-corrected chi connectivity index (χ2v) is 9.23. The fourth-order valence-corrected chi connectivity index (χ4v) is 5.06. The Bertz CT molecular complexity index is 1020. The van der Waals surface area contributed by atoms with Crippen molar-refractivity contribution >= 4 is 46.6 Å². The molecule has 2 aliphatic rings. The number of fused-ring (bicyclic) bond motifs is 1. The molecule has 0 radical (unpaired) electrons. The largest absolute Gasteiger partial charge is 0.367 e. The standard InChI is InChI=1S/C20H23Cl2N5O2S/c1-25-8-10-26(11-9-25)27-16-7-2-4-13(16)19(24-20(27)29)30-12-17(28)23-15-6-3-5-14(21)18(15)22/h3,5-6H,2,4,7-12H2,1H3,(H,23,28). The van der Waals surface area contributed by atoms with E-state index in [9.17, 15) is 9.59 Å². The van der Waals surface area contributed by atoms with Crippen molar-refractivity contribution in [2.75, 3.05) is 49.3 Å². The maximum Gasteiger partial charge on any atom is 0.367 e. The summed E-state index contributed by atoms with van der Waals surface area (Å²) in [6, 6.07) is 5.09. The van der Waals surface area contributed by atoms with Crippen LogP contribution in [0, 0.1) is 0 Å². The van der Waals surface area contributed by atoms with Crippen molar-refractivity contribution in [1.29, 1.82) is 0 Å². The van der Waals surface area contributed by atoms with E-state index in [2.05, 4.69) is 27.3 Å². The van der Waals surface area contributed by atoms with Crippen molar-refractivity contribution in [3.63, 3.8) is 0 Å². The van der Waals surface area contributed by atoms with Gasteiger partial charge in [-0.1, -0.05) is 41.0 Å². The van der Waals surface area contributed by atoms with Gasteiger partial charge in [0.2, 0.25) is 5.91 Å². The Kier molecular flexibility index (Phi) is 6.57. The number of likely N-dealkylation sites (N-methyl/N-ethyl adjacent to an activating group) is 1. The monoisotopic (exact) mass is 467 g/mol. The highest BCUT2D eigenvalue weighted by molar-refractivity contribution is 8.00. The number of carbonyl (C=O) groups excluding carboxylic acids is 1. The molecule has 4 rings (SSSR count). The van der Waals surface area contributed by atoms with Gasteiger partial charge in [-0.05, 0) is 38.4 Å². The number of thioether (sulfide) groups is 1. The molecule has 0 atom stereocenters. The zero-order valence-corrected chi connectivity index (χ0v) is 19.0. The topological polar surface area (TPSA) is 70.5 Å². The number of nitrogens with zero attached hydrogens (tertiary/aromatic N) is 4. The summed E-state index contributed by atoms with van der Waals surface area (Å²) in [7, 11) is 2.09. The van der Waals surface area contributed by atoms with Crippen LogP contribution in [0.1, 0.15) is 17.7 Å². The van der Waals surface area contributed by atoms with Gasteiger partial charge >= 0.3 is 5.69 Å². The molecular formula is C20H23Cl2N5O2S. The molecule has 2 aromatic rings. The molecule has 1 aliphatic carbocycles. The normalized spacial score (nSPS) is 16.6. The number of benzene rings is 1. The van der Waals surface area contributed by atoms with Gasteiger partial charge in [0.05, 0.1) is 27.2 Å². The Hall–Kier alpha value is -1.74. The molecule has 2 heterocycles. The van der Waals surface area contributed by atoms with Gasteiger partial charge in [0, 0.05) is 31.7 Å². The molecule has 1 fully saturated rings. The fraction of sp³-hybridized carbons (Fsp3) is 0.450. The summed E-state index contributed by atoms with van der Waals surface area (Å²) >= 11 is 13.4. The highest BCUT2D eigenvalue weighted by Gasteiger charge is 2.26. The Morgan fingerprint density at radius 1 is 1.20 bits per heavy atom. The van der Waals surface area contributed by atoms with E-state index in [1.165, 1.54) is 11.8 Å². The summed E-state index contributed by atoms with van der Waals surface area (Å²) in [5.74, 6) is -0.0822. The van der Waals surface area contributed by atoms with E-state index in [0.29, 0.717) is 20.8 Å². The predicted octanol–water partition coefficient (Wildman–Crippen LogP) is 2.65. The van der Waals surface area contributed by atoms with Crippen molar-refractivity contribution in [1.82, 2.24) is 14.6 Å². The second-order valence-electron chi connectivity index (χ2n) is 7.49. The van der Waals surface area contributed by atoms with Gasteiger partial charge in [0.1, 0.15) is 5.03 Å². The number of amides is 1. The van der Waals surface area contributed by atoms with Crippen LogP contribution in [0.3, 0.4) is 0 Å². The highest BCUT2D eigenvalue weighted by Crippen LogP contribution is 2.31. The fourth-order valence-electron chi connectivity index (χ4n) is 3.84. The first kappa shape index (κ1) is 21.5. The van der Waals surface area contributed by atoms with Crippen LogP contribution in [0.2, 0.25) is 10.0 Å². The number of rotatable bonds is 5. The van der Waals surface area contributed by atoms with E-state index in [-0.39, 0.29) is 17.3 Å². The van der Waals surface area contributed by atoms with Gasteiger partial charge < -0.3 is 15.2 Å². The second kappa shape index (κ2) is 9.18. The lowest BCUT2D eigenvalue weighted by atomic mass is 10.3. The van der Waals surface area contributed by atoms with E-state index in [1.54, 1.807) is 22.9 Å². The minimum absolute atomic E-state index is 0.139. The van der Waals surface area contributed by atoms with Gasteiger partial charge in [-0.25, -0.2) is 9.47 Å². The lowest BCUT2D eigenvalue weighted by Gasteiger charge is -2.35. The smallest absolute Gasteiger partial charge is 0.324 e. The summed E-state index contributed by atoms with van der Waals surface area (Å²) in [6.45, 7) is 3.45. The summed E-state index contributed by atoms with van der Waals surface area (Å²) < 4.78 is 1.77. The average Bonchev–Trinajstić information content (AvgIpc) is 3.20. The molecule has 0 saturated carbocycles. The summed E-state index contributed by atoms with van der Waals surface area (Å²) in [6.07, 6.45) is 2.73.